The zero-order valence-electron chi connectivity index (χ0n) is 10.0. The molecule has 1 aliphatic rings. The fourth-order valence-electron chi connectivity index (χ4n) is 2.12. The van der Waals surface area contributed by atoms with Crippen molar-refractivity contribution in [3.05, 3.63) is 22.7 Å². The van der Waals surface area contributed by atoms with Crippen LogP contribution >= 0.6 is 0 Å². The highest BCUT2D eigenvalue weighted by Gasteiger charge is 2.17. The maximum absolute atomic E-state index is 12.2. The first kappa shape index (κ1) is 11.2. The van der Waals surface area contributed by atoms with E-state index in [9.17, 15) is 4.79 Å². The van der Waals surface area contributed by atoms with Crippen LogP contribution in [0.2, 0.25) is 0 Å². The minimum Gasteiger partial charge on any atom is -0.352 e. The number of aromatic nitrogens is 2. The Balaban J connectivity index is 2.28. The monoisotopic (exact) mass is 221 g/mol. The first-order valence-electron chi connectivity index (χ1n) is 5.99. The summed E-state index contributed by atoms with van der Waals surface area (Å²) in [5.41, 5.74) is 0.0538. The molecule has 1 aliphatic heterocycles. The van der Waals surface area contributed by atoms with Gasteiger partial charge < -0.3 is 9.47 Å². The van der Waals surface area contributed by atoms with Gasteiger partial charge in [0.25, 0.3) is 5.56 Å². The number of hydrogen-bond acceptors (Lipinski definition) is 3. The summed E-state index contributed by atoms with van der Waals surface area (Å²) in [7, 11) is 0. The predicted octanol–water partition coefficient (Wildman–Crippen LogP) is 1.50. The van der Waals surface area contributed by atoms with Gasteiger partial charge in [0.15, 0.2) is 5.82 Å². The highest BCUT2D eigenvalue weighted by molar-refractivity contribution is 5.36. The van der Waals surface area contributed by atoms with E-state index in [0.29, 0.717) is 11.7 Å². The molecule has 0 amide bonds. The van der Waals surface area contributed by atoms with E-state index in [4.69, 9.17) is 0 Å². The summed E-state index contributed by atoms with van der Waals surface area (Å²) in [6.45, 7) is 6.93. The molecule has 4 nitrogen and oxygen atoms in total. The zero-order valence-corrected chi connectivity index (χ0v) is 10.0. The van der Waals surface area contributed by atoms with E-state index in [1.165, 1.54) is 12.8 Å². The van der Waals surface area contributed by atoms with Gasteiger partial charge in [0.2, 0.25) is 0 Å². The van der Waals surface area contributed by atoms with Gasteiger partial charge in [-0.1, -0.05) is 13.8 Å². The van der Waals surface area contributed by atoms with E-state index in [2.05, 4.69) is 23.7 Å². The molecule has 0 atom stereocenters. The molecule has 0 spiro atoms. The second-order valence-electron chi connectivity index (χ2n) is 4.80. The van der Waals surface area contributed by atoms with E-state index in [1.807, 2.05) is 0 Å². The van der Waals surface area contributed by atoms with Crippen molar-refractivity contribution in [3.8, 4) is 0 Å². The van der Waals surface area contributed by atoms with Crippen LogP contribution in [0.3, 0.4) is 0 Å². The van der Waals surface area contributed by atoms with Gasteiger partial charge in [0, 0.05) is 32.0 Å². The molecule has 1 aromatic heterocycles. The van der Waals surface area contributed by atoms with Crippen molar-refractivity contribution in [2.45, 2.75) is 33.2 Å². The normalized spacial score (nSPS) is 16.1. The van der Waals surface area contributed by atoms with Crippen LogP contribution in [0.1, 0.15) is 26.7 Å². The van der Waals surface area contributed by atoms with Gasteiger partial charge in [-0.2, -0.15) is 0 Å². The first-order valence-corrected chi connectivity index (χ1v) is 5.99. The summed E-state index contributed by atoms with van der Waals surface area (Å²) in [6.07, 6.45) is 5.85. The van der Waals surface area contributed by atoms with Gasteiger partial charge in [-0.25, -0.2) is 4.98 Å². The summed E-state index contributed by atoms with van der Waals surface area (Å²) in [6, 6.07) is 0. The van der Waals surface area contributed by atoms with E-state index in [1.54, 1.807) is 17.0 Å². The van der Waals surface area contributed by atoms with Gasteiger partial charge in [0.05, 0.1) is 0 Å². The highest BCUT2D eigenvalue weighted by Crippen LogP contribution is 2.13. The largest absolute Gasteiger partial charge is 0.352 e. The molecule has 0 saturated carbocycles. The standard InChI is InChI=1S/C12H19N3O/c1-10(2)9-15-8-5-13-11(12(15)16)14-6-3-4-7-14/h5,8,10H,3-4,6-7,9H2,1-2H3. The molecule has 0 N–H and O–H groups in total. The van der Waals surface area contributed by atoms with E-state index < -0.39 is 0 Å². The summed E-state index contributed by atoms with van der Waals surface area (Å²) >= 11 is 0. The number of rotatable bonds is 3. The van der Waals surface area contributed by atoms with Gasteiger partial charge in [-0.05, 0) is 18.8 Å². The lowest BCUT2D eigenvalue weighted by Gasteiger charge is -2.17. The Morgan fingerprint density at radius 2 is 2.06 bits per heavy atom. The summed E-state index contributed by atoms with van der Waals surface area (Å²) < 4.78 is 1.77. The molecule has 1 saturated heterocycles. The molecule has 2 rings (SSSR count). The molecule has 0 radical (unpaired) electrons. The quantitative estimate of drug-likeness (QED) is 0.776. The van der Waals surface area contributed by atoms with Crippen LogP contribution in [0.5, 0.6) is 0 Å². The predicted molar refractivity (Wildman–Crippen MR) is 64.8 cm³/mol. The molecule has 0 unspecified atom stereocenters. The van der Waals surface area contributed by atoms with Gasteiger partial charge in [0.1, 0.15) is 0 Å². The molecular formula is C12H19N3O. The zero-order chi connectivity index (χ0) is 11.5. The maximum atomic E-state index is 12.2. The Morgan fingerprint density at radius 3 is 2.69 bits per heavy atom. The summed E-state index contributed by atoms with van der Waals surface area (Å²) in [5.74, 6) is 1.10. The van der Waals surface area contributed by atoms with Crippen molar-refractivity contribution in [1.29, 1.82) is 0 Å². The van der Waals surface area contributed by atoms with E-state index in [0.717, 1.165) is 19.6 Å². The molecule has 1 fully saturated rings. The molecule has 88 valence electrons. The van der Waals surface area contributed by atoms with Gasteiger partial charge in [-0.3, -0.25) is 4.79 Å². The Kier molecular flexibility index (Phi) is 3.27. The smallest absolute Gasteiger partial charge is 0.293 e. The minimum absolute atomic E-state index is 0.0538. The topological polar surface area (TPSA) is 38.1 Å². The Hall–Kier alpha value is -1.32. The van der Waals surface area contributed by atoms with Crippen molar-refractivity contribution in [2.24, 2.45) is 5.92 Å². The van der Waals surface area contributed by atoms with Crippen molar-refractivity contribution in [2.75, 3.05) is 18.0 Å². The van der Waals surface area contributed by atoms with Crippen molar-refractivity contribution >= 4 is 5.82 Å². The Labute approximate surface area is 95.9 Å². The molecular weight excluding hydrogens is 202 g/mol. The lowest BCUT2D eigenvalue weighted by atomic mass is 10.2. The number of hydrogen-bond donors (Lipinski definition) is 0. The van der Waals surface area contributed by atoms with E-state index >= 15 is 0 Å². The van der Waals surface area contributed by atoms with Gasteiger partial charge in [-0.15, -0.1) is 0 Å². The van der Waals surface area contributed by atoms with Crippen LogP contribution in [0.4, 0.5) is 5.82 Å². The SMILES string of the molecule is CC(C)Cn1ccnc(N2CCCC2)c1=O. The number of nitrogens with zero attached hydrogens (tertiary/aromatic N) is 3. The van der Waals surface area contributed by atoms with Crippen LogP contribution in [-0.2, 0) is 6.54 Å². The Morgan fingerprint density at radius 1 is 1.38 bits per heavy atom. The van der Waals surface area contributed by atoms with Gasteiger partial charge >= 0.3 is 0 Å². The third-order valence-corrected chi connectivity index (χ3v) is 2.86. The Bertz CT molecular complexity index is 405. The second-order valence-corrected chi connectivity index (χ2v) is 4.80. The molecule has 16 heavy (non-hydrogen) atoms. The molecule has 2 heterocycles. The van der Waals surface area contributed by atoms with Crippen molar-refractivity contribution < 1.29 is 0 Å². The average molecular weight is 221 g/mol. The van der Waals surface area contributed by atoms with Crippen molar-refractivity contribution in [1.82, 2.24) is 9.55 Å². The average Bonchev–Trinajstić information content (AvgIpc) is 2.73. The lowest BCUT2D eigenvalue weighted by molar-refractivity contribution is 0.508. The molecule has 4 heteroatoms. The van der Waals surface area contributed by atoms with Crippen LogP contribution < -0.4 is 10.5 Å². The second kappa shape index (κ2) is 4.68. The van der Waals surface area contributed by atoms with Crippen LogP contribution in [-0.4, -0.2) is 22.6 Å². The third kappa shape index (κ3) is 2.26. The summed E-state index contributed by atoms with van der Waals surface area (Å²) in [4.78, 5) is 18.5. The minimum atomic E-state index is 0.0538. The maximum Gasteiger partial charge on any atom is 0.293 e. The van der Waals surface area contributed by atoms with Crippen LogP contribution in [0.15, 0.2) is 17.2 Å². The highest BCUT2D eigenvalue weighted by atomic mass is 16.1. The fourth-order valence-corrected chi connectivity index (χ4v) is 2.12. The molecule has 0 bridgehead atoms. The van der Waals surface area contributed by atoms with E-state index in [-0.39, 0.29) is 5.56 Å². The molecule has 0 aromatic carbocycles. The molecule has 0 aliphatic carbocycles. The lowest BCUT2D eigenvalue weighted by Crippen LogP contribution is -2.32. The summed E-state index contributed by atoms with van der Waals surface area (Å²) in [5, 5.41) is 0. The first-order chi connectivity index (χ1) is 7.68. The number of anilines is 1. The van der Waals surface area contributed by atoms with Crippen molar-refractivity contribution in [3.63, 3.8) is 0 Å². The third-order valence-electron chi connectivity index (χ3n) is 2.86. The van der Waals surface area contributed by atoms with Crippen LogP contribution in [0.25, 0.3) is 0 Å². The fraction of sp³-hybridized carbons (Fsp3) is 0.667. The van der Waals surface area contributed by atoms with Crippen LogP contribution in [0, 0.1) is 5.92 Å². The molecule has 1 aromatic rings.